The fraction of sp³-hybridized carbons (Fsp3) is 0.0588. The molecule has 0 bridgehead atoms. The first kappa shape index (κ1) is 17.3. The monoisotopic (exact) mass is 374 g/mol. The molecule has 8 heteroatoms. The number of halogens is 2. The van der Waals surface area contributed by atoms with Gasteiger partial charge in [0.15, 0.2) is 0 Å². The van der Waals surface area contributed by atoms with Gasteiger partial charge in [-0.1, -0.05) is 23.4 Å². The van der Waals surface area contributed by atoms with E-state index in [0.717, 1.165) is 11.3 Å². The van der Waals surface area contributed by atoms with Gasteiger partial charge < -0.3 is 5.32 Å². The minimum Gasteiger partial charge on any atom is -0.325 e. The van der Waals surface area contributed by atoms with Crippen molar-refractivity contribution in [2.75, 3.05) is 11.1 Å². The van der Waals surface area contributed by atoms with Gasteiger partial charge in [0.25, 0.3) is 0 Å². The molecule has 1 N–H and O–H groups in total. The van der Waals surface area contributed by atoms with Gasteiger partial charge in [-0.15, -0.1) is 10.2 Å². The standard InChI is InChI=1S/C17H12ClFN4OS/c18-13-9-12(1-2-14(13)19)21-16(24)10-25-17-4-3-15(22-23-17)11-5-7-20-8-6-11/h1-9H,10H2,(H,21,24). The van der Waals surface area contributed by atoms with Crippen LogP contribution in [-0.2, 0) is 4.79 Å². The number of rotatable bonds is 5. The molecule has 0 aliphatic rings. The van der Waals surface area contributed by atoms with Gasteiger partial charge >= 0.3 is 0 Å². The van der Waals surface area contributed by atoms with Crippen LogP contribution < -0.4 is 5.32 Å². The Labute approximate surface area is 152 Å². The summed E-state index contributed by atoms with van der Waals surface area (Å²) in [7, 11) is 0. The third-order valence-corrected chi connectivity index (χ3v) is 4.38. The Morgan fingerprint density at radius 1 is 1.12 bits per heavy atom. The van der Waals surface area contributed by atoms with Crippen molar-refractivity contribution in [1.29, 1.82) is 0 Å². The molecule has 3 aromatic rings. The van der Waals surface area contributed by atoms with Crippen molar-refractivity contribution in [3.05, 3.63) is 65.7 Å². The molecule has 0 saturated carbocycles. The fourth-order valence-corrected chi connectivity index (χ4v) is 2.78. The summed E-state index contributed by atoms with van der Waals surface area (Å²) in [5.41, 5.74) is 2.10. The molecule has 0 aliphatic heterocycles. The van der Waals surface area contributed by atoms with Crippen LogP contribution >= 0.6 is 23.4 Å². The van der Waals surface area contributed by atoms with Crippen LogP contribution in [0.5, 0.6) is 0 Å². The SMILES string of the molecule is O=C(CSc1ccc(-c2ccncc2)nn1)Nc1ccc(F)c(Cl)c1. The van der Waals surface area contributed by atoms with Gasteiger partial charge in [0, 0.05) is 23.6 Å². The van der Waals surface area contributed by atoms with Crippen LogP contribution in [0.2, 0.25) is 5.02 Å². The first-order valence-corrected chi connectivity index (χ1v) is 8.60. The highest BCUT2D eigenvalue weighted by molar-refractivity contribution is 7.99. The number of nitrogens with zero attached hydrogens (tertiary/aromatic N) is 3. The molecule has 0 spiro atoms. The van der Waals surface area contributed by atoms with E-state index in [0.29, 0.717) is 10.7 Å². The topological polar surface area (TPSA) is 67.8 Å². The van der Waals surface area contributed by atoms with E-state index in [-0.39, 0.29) is 16.7 Å². The Balaban J connectivity index is 1.56. The van der Waals surface area contributed by atoms with Crippen LogP contribution in [0, 0.1) is 5.82 Å². The van der Waals surface area contributed by atoms with Crippen LogP contribution in [0.1, 0.15) is 0 Å². The lowest BCUT2D eigenvalue weighted by atomic mass is 10.2. The van der Waals surface area contributed by atoms with Crippen LogP contribution in [0.15, 0.2) is 59.9 Å². The van der Waals surface area contributed by atoms with Gasteiger partial charge in [-0.25, -0.2) is 4.39 Å². The second kappa shape index (κ2) is 8.04. The van der Waals surface area contributed by atoms with E-state index in [1.165, 1.54) is 30.0 Å². The number of benzene rings is 1. The van der Waals surface area contributed by atoms with Crippen LogP contribution in [-0.4, -0.2) is 26.8 Å². The number of amides is 1. The Hall–Kier alpha value is -2.51. The van der Waals surface area contributed by atoms with E-state index in [1.54, 1.807) is 18.5 Å². The highest BCUT2D eigenvalue weighted by Gasteiger charge is 2.08. The average molecular weight is 375 g/mol. The largest absolute Gasteiger partial charge is 0.325 e. The lowest BCUT2D eigenvalue weighted by Gasteiger charge is -2.06. The zero-order valence-electron chi connectivity index (χ0n) is 12.8. The molecule has 0 radical (unpaired) electrons. The molecule has 126 valence electrons. The zero-order valence-corrected chi connectivity index (χ0v) is 14.4. The lowest BCUT2D eigenvalue weighted by molar-refractivity contribution is -0.113. The smallest absolute Gasteiger partial charge is 0.234 e. The number of nitrogens with one attached hydrogen (secondary N) is 1. The summed E-state index contributed by atoms with van der Waals surface area (Å²) in [5, 5.41) is 11.5. The summed E-state index contributed by atoms with van der Waals surface area (Å²) >= 11 is 6.94. The van der Waals surface area contributed by atoms with Gasteiger partial charge in [-0.2, -0.15) is 0 Å². The van der Waals surface area contributed by atoms with E-state index in [4.69, 9.17) is 11.6 Å². The molecule has 0 saturated heterocycles. The maximum Gasteiger partial charge on any atom is 0.234 e. The minimum absolute atomic E-state index is 0.0389. The van der Waals surface area contributed by atoms with Crippen molar-refractivity contribution in [2.45, 2.75) is 5.03 Å². The summed E-state index contributed by atoms with van der Waals surface area (Å²) < 4.78 is 13.1. The van der Waals surface area contributed by atoms with E-state index < -0.39 is 5.82 Å². The predicted molar refractivity (Wildman–Crippen MR) is 96.0 cm³/mol. The molecule has 25 heavy (non-hydrogen) atoms. The van der Waals surface area contributed by atoms with Gasteiger partial charge in [-0.05, 0) is 42.5 Å². The number of carbonyl (C=O) groups is 1. The van der Waals surface area contributed by atoms with Gasteiger partial charge in [-0.3, -0.25) is 9.78 Å². The van der Waals surface area contributed by atoms with E-state index in [2.05, 4.69) is 20.5 Å². The Bertz CT molecular complexity index is 878. The van der Waals surface area contributed by atoms with Gasteiger partial charge in [0.05, 0.1) is 16.5 Å². The second-order valence-electron chi connectivity index (χ2n) is 4.96. The molecule has 1 amide bonds. The van der Waals surface area contributed by atoms with E-state index in [9.17, 15) is 9.18 Å². The lowest BCUT2D eigenvalue weighted by Crippen LogP contribution is -2.14. The highest BCUT2D eigenvalue weighted by Crippen LogP contribution is 2.21. The van der Waals surface area contributed by atoms with Crippen molar-refractivity contribution < 1.29 is 9.18 Å². The summed E-state index contributed by atoms with van der Waals surface area (Å²) in [6, 6.07) is 11.3. The summed E-state index contributed by atoms with van der Waals surface area (Å²) in [4.78, 5) is 15.9. The maximum atomic E-state index is 13.1. The molecule has 3 rings (SSSR count). The number of anilines is 1. The van der Waals surface area contributed by atoms with Gasteiger partial charge in [0.2, 0.25) is 5.91 Å². The highest BCUT2D eigenvalue weighted by atomic mass is 35.5. The van der Waals surface area contributed by atoms with Gasteiger partial charge in [0.1, 0.15) is 10.8 Å². The Morgan fingerprint density at radius 2 is 1.92 bits per heavy atom. The number of hydrogen-bond acceptors (Lipinski definition) is 5. The Kier molecular flexibility index (Phi) is 5.57. The second-order valence-corrected chi connectivity index (χ2v) is 6.36. The molecule has 0 atom stereocenters. The average Bonchev–Trinajstić information content (AvgIpc) is 2.64. The molecule has 2 heterocycles. The van der Waals surface area contributed by atoms with E-state index in [1.807, 2.05) is 18.2 Å². The molecular formula is C17H12ClFN4OS. The normalized spacial score (nSPS) is 10.5. The van der Waals surface area contributed by atoms with E-state index >= 15 is 0 Å². The third kappa shape index (κ3) is 4.74. The Morgan fingerprint density at radius 3 is 2.60 bits per heavy atom. The van der Waals surface area contributed by atoms with Crippen molar-refractivity contribution in [2.24, 2.45) is 0 Å². The van der Waals surface area contributed by atoms with Crippen LogP contribution in [0.4, 0.5) is 10.1 Å². The number of hydrogen-bond donors (Lipinski definition) is 1. The van der Waals surface area contributed by atoms with Crippen LogP contribution in [0.25, 0.3) is 11.3 Å². The molecule has 2 aromatic heterocycles. The fourth-order valence-electron chi connectivity index (χ4n) is 1.98. The number of thioether (sulfide) groups is 1. The molecular weight excluding hydrogens is 363 g/mol. The predicted octanol–water partition coefficient (Wildman–Crippen LogP) is 4.06. The molecule has 0 fully saturated rings. The zero-order chi connectivity index (χ0) is 17.6. The van der Waals surface area contributed by atoms with Crippen LogP contribution in [0.3, 0.4) is 0 Å². The quantitative estimate of drug-likeness (QED) is 0.682. The number of pyridine rings is 1. The first-order valence-electron chi connectivity index (χ1n) is 7.23. The van der Waals surface area contributed by atoms with Crippen molar-refractivity contribution in [1.82, 2.24) is 15.2 Å². The van der Waals surface area contributed by atoms with Crippen molar-refractivity contribution >= 4 is 35.0 Å². The maximum absolute atomic E-state index is 13.1. The minimum atomic E-state index is -0.529. The van der Waals surface area contributed by atoms with Crippen molar-refractivity contribution in [3.8, 4) is 11.3 Å². The molecule has 0 aliphatic carbocycles. The number of carbonyl (C=O) groups excluding carboxylic acids is 1. The summed E-state index contributed by atoms with van der Waals surface area (Å²) in [5.74, 6) is -0.621. The third-order valence-electron chi connectivity index (χ3n) is 3.17. The molecule has 1 aromatic carbocycles. The first-order chi connectivity index (χ1) is 12.1. The van der Waals surface area contributed by atoms with Crippen molar-refractivity contribution in [3.63, 3.8) is 0 Å². The summed E-state index contributed by atoms with van der Waals surface area (Å²) in [6.45, 7) is 0. The molecule has 0 unspecified atom stereocenters. The number of aromatic nitrogens is 3. The molecule has 5 nitrogen and oxygen atoms in total. The summed E-state index contributed by atoms with van der Waals surface area (Å²) in [6.07, 6.45) is 3.37.